The van der Waals surface area contributed by atoms with E-state index in [4.69, 9.17) is 5.26 Å². The van der Waals surface area contributed by atoms with E-state index in [1.165, 1.54) is 6.07 Å². The summed E-state index contributed by atoms with van der Waals surface area (Å²) in [7, 11) is -3.50. The van der Waals surface area contributed by atoms with Crippen molar-refractivity contribution < 1.29 is 8.42 Å². The molecule has 1 aliphatic rings. The van der Waals surface area contributed by atoms with Gasteiger partial charge in [-0.1, -0.05) is 0 Å². The Balaban J connectivity index is 2.09. The van der Waals surface area contributed by atoms with Gasteiger partial charge in [-0.25, -0.2) is 13.1 Å². The topological polar surface area (TPSA) is 70.0 Å². The Hall–Kier alpha value is -1.03. The minimum Gasteiger partial charge on any atom is -0.208 e. The van der Waals surface area contributed by atoms with Gasteiger partial charge in [0.25, 0.3) is 0 Å². The average Bonchev–Trinajstić information content (AvgIpc) is 2.47. The van der Waals surface area contributed by atoms with Gasteiger partial charge in [-0.2, -0.15) is 17.0 Å². The maximum atomic E-state index is 12.4. The molecule has 4 nitrogen and oxygen atoms in total. The lowest BCUT2D eigenvalue weighted by molar-refractivity contribution is 0.420. The first-order chi connectivity index (χ1) is 9.96. The first kappa shape index (κ1) is 16.3. The third-order valence-corrected chi connectivity index (χ3v) is 6.61. The van der Waals surface area contributed by atoms with Crippen LogP contribution in [-0.2, 0) is 10.0 Å². The van der Waals surface area contributed by atoms with Crippen LogP contribution in [0.5, 0.6) is 0 Å². The van der Waals surface area contributed by atoms with Crippen LogP contribution in [0.25, 0.3) is 0 Å². The summed E-state index contributed by atoms with van der Waals surface area (Å²) < 4.78 is 27.6. The molecule has 0 unspecified atom stereocenters. The van der Waals surface area contributed by atoms with Gasteiger partial charge in [-0.3, -0.25) is 0 Å². The Bertz CT molecular complexity index is 642. The number of sulfonamides is 1. The van der Waals surface area contributed by atoms with E-state index in [2.05, 4.69) is 11.0 Å². The van der Waals surface area contributed by atoms with Crippen molar-refractivity contribution in [2.24, 2.45) is 0 Å². The highest BCUT2D eigenvalue weighted by Crippen LogP contribution is 2.27. The molecule has 0 amide bonds. The molecule has 1 aromatic carbocycles. The number of hydrogen-bond donors (Lipinski definition) is 1. The van der Waals surface area contributed by atoms with E-state index in [1.807, 2.05) is 17.8 Å². The predicted molar refractivity (Wildman–Crippen MR) is 85.8 cm³/mol. The molecule has 21 heavy (non-hydrogen) atoms. The molecule has 0 atom stereocenters. The summed E-state index contributed by atoms with van der Waals surface area (Å²) >= 11 is 1.86. The number of nitrogens with one attached hydrogen (secondary N) is 1. The molecule has 1 N–H and O–H groups in total. The number of nitriles is 1. The van der Waals surface area contributed by atoms with Crippen molar-refractivity contribution in [2.45, 2.75) is 48.8 Å². The summed E-state index contributed by atoms with van der Waals surface area (Å²) in [6.45, 7) is 1.75. The minimum atomic E-state index is -3.50. The van der Waals surface area contributed by atoms with Crippen molar-refractivity contribution in [1.82, 2.24) is 4.72 Å². The maximum Gasteiger partial charge on any atom is 0.240 e. The van der Waals surface area contributed by atoms with Gasteiger partial charge in [0, 0.05) is 11.3 Å². The van der Waals surface area contributed by atoms with E-state index in [9.17, 15) is 8.42 Å². The molecule has 0 aromatic heterocycles. The van der Waals surface area contributed by atoms with Gasteiger partial charge in [0.05, 0.1) is 16.5 Å². The smallest absolute Gasteiger partial charge is 0.208 e. The zero-order chi connectivity index (χ0) is 15.5. The van der Waals surface area contributed by atoms with Crippen molar-refractivity contribution in [3.8, 4) is 6.07 Å². The molecule has 1 aliphatic carbocycles. The van der Waals surface area contributed by atoms with Crippen LogP contribution < -0.4 is 4.72 Å². The molecular weight excluding hydrogens is 304 g/mol. The zero-order valence-corrected chi connectivity index (χ0v) is 13.9. The fourth-order valence-electron chi connectivity index (χ4n) is 2.63. The summed E-state index contributed by atoms with van der Waals surface area (Å²) in [5.41, 5.74) is 1.20. The third-order valence-electron chi connectivity index (χ3n) is 3.96. The maximum absolute atomic E-state index is 12.4. The Labute approximate surface area is 131 Å². The lowest BCUT2D eigenvalue weighted by atomic mass is 9.96. The Morgan fingerprint density at radius 2 is 1.95 bits per heavy atom. The molecule has 114 valence electrons. The normalized spacial score (nSPS) is 22.7. The van der Waals surface area contributed by atoms with Gasteiger partial charge in [-0.15, -0.1) is 0 Å². The summed E-state index contributed by atoms with van der Waals surface area (Å²) in [4.78, 5) is 0.242. The number of rotatable bonds is 4. The van der Waals surface area contributed by atoms with Crippen molar-refractivity contribution in [3.05, 3.63) is 29.3 Å². The summed E-state index contributed by atoms with van der Waals surface area (Å²) in [5, 5.41) is 9.56. The summed E-state index contributed by atoms with van der Waals surface area (Å²) in [5.74, 6) is 0. The molecule has 1 fully saturated rings. The van der Waals surface area contributed by atoms with Gasteiger partial charge < -0.3 is 0 Å². The second kappa shape index (κ2) is 6.82. The fourth-order valence-corrected chi connectivity index (χ4v) is 4.77. The standard InChI is InChI=1S/C15H20N2O2S2/c1-11-9-15(8-3-12(11)10-16)21(18,19)17-13-4-6-14(20-2)7-5-13/h3,8-9,13-14,17H,4-7H2,1-2H3. The van der Waals surface area contributed by atoms with Crippen molar-refractivity contribution in [2.75, 3.05) is 6.26 Å². The number of nitrogens with zero attached hydrogens (tertiary/aromatic N) is 1. The van der Waals surface area contributed by atoms with Crippen LogP contribution >= 0.6 is 11.8 Å². The highest BCUT2D eigenvalue weighted by Gasteiger charge is 2.25. The number of hydrogen-bond acceptors (Lipinski definition) is 4. The molecule has 0 aliphatic heterocycles. The van der Waals surface area contributed by atoms with E-state index >= 15 is 0 Å². The molecule has 0 radical (unpaired) electrons. The monoisotopic (exact) mass is 324 g/mol. The molecule has 1 saturated carbocycles. The van der Waals surface area contributed by atoms with E-state index in [0.717, 1.165) is 25.7 Å². The Morgan fingerprint density at radius 1 is 1.29 bits per heavy atom. The van der Waals surface area contributed by atoms with Gasteiger partial charge in [0.2, 0.25) is 10.0 Å². The Kier molecular flexibility index (Phi) is 5.31. The fraction of sp³-hybridized carbons (Fsp3) is 0.533. The zero-order valence-electron chi connectivity index (χ0n) is 12.3. The number of benzene rings is 1. The first-order valence-corrected chi connectivity index (χ1v) is 9.79. The van der Waals surface area contributed by atoms with E-state index < -0.39 is 10.0 Å². The lowest BCUT2D eigenvalue weighted by Gasteiger charge is -2.27. The highest BCUT2D eigenvalue weighted by molar-refractivity contribution is 7.99. The molecule has 6 heteroatoms. The first-order valence-electron chi connectivity index (χ1n) is 7.02. The van der Waals surface area contributed by atoms with Crippen molar-refractivity contribution >= 4 is 21.8 Å². The van der Waals surface area contributed by atoms with E-state index in [0.29, 0.717) is 16.4 Å². The number of aryl methyl sites for hydroxylation is 1. The summed E-state index contributed by atoms with van der Waals surface area (Å²) in [6.07, 6.45) is 6.00. The SMILES string of the molecule is CSC1CCC(NS(=O)(=O)c2ccc(C#N)c(C)c2)CC1. The summed E-state index contributed by atoms with van der Waals surface area (Å²) in [6, 6.07) is 6.70. The Morgan fingerprint density at radius 3 is 2.48 bits per heavy atom. The van der Waals surface area contributed by atoms with Crippen LogP contribution in [-0.4, -0.2) is 26.0 Å². The number of thioether (sulfide) groups is 1. The molecule has 0 heterocycles. The van der Waals surface area contributed by atoms with Crippen molar-refractivity contribution in [1.29, 1.82) is 5.26 Å². The van der Waals surface area contributed by atoms with Crippen molar-refractivity contribution in [3.63, 3.8) is 0 Å². The molecule has 1 aromatic rings. The van der Waals surface area contributed by atoms with Crippen LogP contribution in [0.2, 0.25) is 0 Å². The van der Waals surface area contributed by atoms with Crippen LogP contribution in [0.15, 0.2) is 23.1 Å². The van der Waals surface area contributed by atoms with Crippen LogP contribution in [0.4, 0.5) is 0 Å². The molecular formula is C15H20N2O2S2. The lowest BCUT2D eigenvalue weighted by Crippen LogP contribution is -2.38. The minimum absolute atomic E-state index is 0.0225. The molecule has 0 saturated heterocycles. The molecule has 0 bridgehead atoms. The quantitative estimate of drug-likeness (QED) is 0.924. The van der Waals surface area contributed by atoms with Gasteiger partial charge in [-0.05, 0) is 62.6 Å². The highest BCUT2D eigenvalue weighted by atomic mass is 32.2. The second-order valence-corrected chi connectivity index (χ2v) is 8.27. The van der Waals surface area contributed by atoms with Crippen LogP contribution in [0.3, 0.4) is 0 Å². The van der Waals surface area contributed by atoms with Gasteiger partial charge in [0.15, 0.2) is 0 Å². The third kappa shape index (κ3) is 4.00. The van der Waals surface area contributed by atoms with Gasteiger partial charge >= 0.3 is 0 Å². The average molecular weight is 324 g/mol. The van der Waals surface area contributed by atoms with Crippen LogP contribution in [0, 0.1) is 18.3 Å². The van der Waals surface area contributed by atoms with Gasteiger partial charge in [0.1, 0.15) is 0 Å². The van der Waals surface area contributed by atoms with E-state index in [1.54, 1.807) is 19.1 Å². The molecule has 0 spiro atoms. The van der Waals surface area contributed by atoms with Crippen LogP contribution in [0.1, 0.15) is 36.8 Å². The predicted octanol–water partition coefficient (Wildman–Crippen LogP) is 2.82. The largest absolute Gasteiger partial charge is 0.240 e. The van der Waals surface area contributed by atoms with E-state index in [-0.39, 0.29) is 10.9 Å². The second-order valence-electron chi connectivity index (χ2n) is 5.42. The molecule has 2 rings (SSSR count).